The summed E-state index contributed by atoms with van der Waals surface area (Å²) in [5.41, 5.74) is 1.22. The van der Waals surface area contributed by atoms with Crippen LogP contribution in [0.5, 0.6) is 5.75 Å². The molecule has 0 bridgehead atoms. The normalized spacial score (nSPS) is 12.5. The maximum atomic E-state index is 12.0. The minimum absolute atomic E-state index is 0. The van der Waals surface area contributed by atoms with Gasteiger partial charge in [0.2, 0.25) is 0 Å². The van der Waals surface area contributed by atoms with Crippen molar-refractivity contribution in [1.82, 2.24) is 0 Å². The molecule has 0 saturated carbocycles. The number of esters is 1. The number of hydrogen-bond acceptors (Lipinski definition) is 6. The van der Waals surface area contributed by atoms with E-state index in [1.54, 1.807) is 20.8 Å². The molecule has 0 unspecified atom stereocenters. The van der Waals surface area contributed by atoms with Crippen LogP contribution in [0.1, 0.15) is 31.9 Å². The number of aliphatic imine (C=N–C) groups is 1. The fraction of sp³-hybridized carbons (Fsp3) is 0.364. The number of rotatable bonds is 7. The standard InChI is InChI=1S/C22H27NO5.Li/c1-22(2,3)28-21(25)23-19(20(24)26-4)14-16-10-12-18(13-11-16)27-15-17-8-6-5-7-9-17;/h5-13,19H,14-15H2,1-4H3,(H,23,25);/q;+1/p-1/t19-;/m0./s1. The molecule has 2 aromatic rings. The van der Waals surface area contributed by atoms with E-state index in [9.17, 15) is 9.90 Å². The minimum atomic E-state index is -0.962. The molecule has 6 nitrogen and oxygen atoms in total. The Morgan fingerprint density at radius 2 is 1.66 bits per heavy atom. The van der Waals surface area contributed by atoms with Gasteiger partial charge in [0.25, 0.3) is 0 Å². The summed E-state index contributed by atoms with van der Waals surface area (Å²) >= 11 is 0. The molecule has 0 saturated heterocycles. The Balaban J connectivity index is 0.00000420. The van der Waals surface area contributed by atoms with E-state index < -0.39 is 23.7 Å². The topological polar surface area (TPSA) is 80.2 Å². The molecule has 0 spiro atoms. The smallest absolute Gasteiger partial charge is 0.595 e. The van der Waals surface area contributed by atoms with Crippen molar-refractivity contribution in [2.75, 3.05) is 7.11 Å². The SMILES string of the molecule is COC(=O)[C@H](Cc1ccc(OCc2ccccc2)cc1)N=C([O-])OC(C)(C)C.[Li+]. The van der Waals surface area contributed by atoms with E-state index in [-0.39, 0.29) is 25.3 Å². The van der Waals surface area contributed by atoms with E-state index in [2.05, 4.69) is 4.99 Å². The Hall–Kier alpha value is -2.42. The maximum absolute atomic E-state index is 12.0. The Bertz CT molecular complexity index is 785. The zero-order valence-corrected chi connectivity index (χ0v) is 17.7. The van der Waals surface area contributed by atoms with Gasteiger partial charge in [-0.2, -0.15) is 0 Å². The van der Waals surface area contributed by atoms with Crippen LogP contribution < -0.4 is 28.7 Å². The summed E-state index contributed by atoms with van der Waals surface area (Å²) in [7, 11) is 1.26. The maximum Gasteiger partial charge on any atom is 1.00 e. The Kier molecular flexibility index (Phi) is 9.80. The van der Waals surface area contributed by atoms with E-state index >= 15 is 0 Å². The zero-order chi connectivity index (χ0) is 20.6. The molecule has 0 heterocycles. The van der Waals surface area contributed by atoms with Crippen LogP contribution in [0.15, 0.2) is 59.6 Å². The predicted molar refractivity (Wildman–Crippen MR) is 105 cm³/mol. The summed E-state index contributed by atoms with van der Waals surface area (Å²) in [5.74, 6) is 0.126. The molecule has 0 aromatic heterocycles. The number of hydrogen-bond donors (Lipinski definition) is 0. The number of nitrogens with zero attached hydrogens (tertiary/aromatic N) is 1. The van der Waals surface area contributed by atoms with Crippen molar-refractivity contribution in [1.29, 1.82) is 0 Å². The average Bonchev–Trinajstić information content (AvgIpc) is 2.65. The second-order valence-electron chi connectivity index (χ2n) is 7.27. The molecular formula is C22H26LiNO5. The van der Waals surface area contributed by atoms with Gasteiger partial charge >= 0.3 is 24.8 Å². The van der Waals surface area contributed by atoms with Gasteiger partial charge in [-0.1, -0.05) is 63.2 Å². The minimum Gasteiger partial charge on any atom is -0.595 e. The van der Waals surface area contributed by atoms with Crippen molar-refractivity contribution in [3.05, 3.63) is 65.7 Å². The van der Waals surface area contributed by atoms with Gasteiger partial charge in [0.15, 0.2) is 6.04 Å². The number of carbonyl (C=O) groups is 1. The van der Waals surface area contributed by atoms with E-state index in [4.69, 9.17) is 14.2 Å². The molecule has 0 aliphatic carbocycles. The molecular weight excluding hydrogens is 365 g/mol. The van der Waals surface area contributed by atoms with Gasteiger partial charge in [-0.05, 0) is 23.3 Å². The van der Waals surface area contributed by atoms with Crippen LogP contribution in [-0.2, 0) is 27.3 Å². The van der Waals surface area contributed by atoms with E-state index in [0.717, 1.165) is 11.1 Å². The molecule has 0 radical (unpaired) electrons. The number of carbonyl (C=O) groups excluding carboxylic acids is 1. The van der Waals surface area contributed by atoms with Crippen LogP contribution in [0.25, 0.3) is 0 Å². The van der Waals surface area contributed by atoms with E-state index in [1.807, 2.05) is 54.6 Å². The van der Waals surface area contributed by atoms with Crippen molar-refractivity contribution in [3.8, 4) is 5.75 Å². The number of ether oxygens (including phenoxy) is 3. The van der Waals surface area contributed by atoms with Gasteiger partial charge in [-0.15, -0.1) is 0 Å². The summed E-state index contributed by atoms with van der Waals surface area (Å²) < 4.78 is 15.7. The summed E-state index contributed by atoms with van der Waals surface area (Å²) in [6, 6.07) is 16.2. The summed E-state index contributed by atoms with van der Waals surface area (Å²) in [6.07, 6.45) is -0.559. The molecule has 1 atom stereocenters. The Morgan fingerprint density at radius 3 is 2.21 bits per heavy atom. The van der Waals surface area contributed by atoms with Gasteiger partial charge < -0.3 is 19.3 Å². The third kappa shape index (κ3) is 9.08. The first-order chi connectivity index (χ1) is 13.3. The number of benzene rings is 2. The fourth-order valence-electron chi connectivity index (χ4n) is 2.42. The van der Waals surface area contributed by atoms with Gasteiger partial charge in [-0.25, -0.2) is 4.79 Å². The van der Waals surface area contributed by atoms with Crippen molar-refractivity contribution in [3.63, 3.8) is 0 Å². The third-order valence-electron chi connectivity index (χ3n) is 3.73. The van der Waals surface area contributed by atoms with E-state index in [0.29, 0.717) is 12.4 Å². The predicted octanol–water partition coefficient (Wildman–Crippen LogP) is -0.115. The van der Waals surface area contributed by atoms with Crippen LogP contribution in [0, 0.1) is 0 Å². The summed E-state index contributed by atoms with van der Waals surface area (Å²) in [5, 5.41) is 11.9. The van der Waals surface area contributed by atoms with Gasteiger partial charge in [0.1, 0.15) is 18.4 Å². The summed E-state index contributed by atoms with van der Waals surface area (Å²) in [6.45, 7) is 5.68. The van der Waals surface area contributed by atoms with Crippen LogP contribution >= 0.6 is 0 Å². The van der Waals surface area contributed by atoms with Crippen molar-refractivity contribution < 1.29 is 43.0 Å². The monoisotopic (exact) mass is 391 g/mol. The van der Waals surface area contributed by atoms with Crippen LogP contribution in [-0.4, -0.2) is 30.8 Å². The quantitative estimate of drug-likeness (QED) is 0.285. The van der Waals surface area contributed by atoms with Crippen molar-refractivity contribution in [2.24, 2.45) is 4.99 Å². The van der Waals surface area contributed by atoms with Gasteiger partial charge in [-0.3, -0.25) is 4.99 Å². The number of methoxy groups -OCH3 is 1. The zero-order valence-electron chi connectivity index (χ0n) is 17.7. The molecule has 7 heteroatoms. The second-order valence-corrected chi connectivity index (χ2v) is 7.27. The largest absolute Gasteiger partial charge is 1.00 e. The summed E-state index contributed by atoms with van der Waals surface area (Å²) in [4.78, 5) is 15.9. The van der Waals surface area contributed by atoms with Crippen LogP contribution in [0.2, 0.25) is 0 Å². The molecule has 0 amide bonds. The molecule has 0 aliphatic heterocycles. The Labute approximate surface area is 184 Å². The van der Waals surface area contributed by atoms with Gasteiger partial charge in [0.05, 0.1) is 7.11 Å². The average molecular weight is 391 g/mol. The second kappa shape index (κ2) is 11.5. The Morgan fingerprint density at radius 1 is 1.03 bits per heavy atom. The first kappa shape index (κ1) is 24.6. The fourth-order valence-corrected chi connectivity index (χ4v) is 2.42. The van der Waals surface area contributed by atoms with Crippen LogP contribution in [0.4, 0.5) is 0 Å². The van der Waals surface area contributed by atoms with E-state index in [1.165, 1.54) is 7.11 Å². The molecule has 0 aliphatic rings. The van der Waals surface area contributed by atoms with Crippen LogP contribution in [0.3, 0.4) is 0 Å². The van der Waals surface area contributed by atoms with Crippen molar-refractivity contribution >= 4 is 12.1 Å². The molecule has 29 heavy (non-hydrogen) atoms. The molecule has 2 aromatic carbocycles. The van der Waals surface area contributed by atoms with Gasteiger partial charge in [0, 0.05) is 12.0 Å². The first-order valence-electron chi connectivity index (χ1n) is 9.04. The first-order valence-corrected chi connectivity index (χ1v) is 9.04. The molecule has 0 N–H and O–H groups in total. The third-order valence-corrected chi connectivity index (χ3v) is 3.73. The van der Waals surface area contributed by atoms with Crippen molar-refractivity contribution in [2.45, 2.75) is 45.4 Å². The molecule has 150 valence electrons. The molecule has 0 fully saturated rings. The molecule has 2 rings (SSSR count).